The van der Waals surface area contributed by atoms with E-state index in [1.165, 1.54) is 0 Å². The molecule has 5 aromatic rings. The number of aromatic nitrogens is 3. The van der Waals surface area contributed by atoms with Gasteiger partial charge >= 0.3 is 0 Å². The number of anilines is 1. The molecule has 3 aromatic carbocycles. The normalized spacial score (nSPS) is 20.5. The van der Waals surface area contributed by atoms with Crippen LogP contribution in [0.1, 0.15) is 30.1 Å². The third kappa shape index (κ3) is 4.22. The van der Waals surface area contributed by atoms with Crippen LogP contribution in [0.2, 0.25) is 5.02 Å². The highest BCUT2D eigenvalue weighted by molar-refractivity contribution is 6.34. The maximum Gasteiger partial charge on any atom is 0.261 e. The average molecular weight is 538 g/mol. The molecule has 1 atom stereocenters. The van der Waals surface area contributed by atoms with Gasteiger partial charge in [-0.1, -0.05) is 48.0 Å². The van der Waals surface area contributed by atoms with E-state index in [1.54, 1.807) is 6.92 Å². The van der Waals surface area contributed by atoms with Crippen molar-refractivity contribution in [3.63, 3.8) is 0 Å². The average Bonchev–Trinajstić information content (AvgIpc) is 3.37. The fourth-order valence-electron chi connectivity index (χ4n) is 6.18. The first kappa shape index (κ1) is 24.1. The van der Waals surface area contributed by atoms with E-state index in [4.69, 9.17) is 16.6 Å². The van der Waals surface area contributed by atoms with E-state index in [-0.39, 0.29) is 17.4 Å². The summed E-state index contributed by atoms with van der Waals surface area (Å²) in [6.07, 6.45) is 2.30. The molecule has 3 aliphatic heterocycles. The number of hydrogen-bond donors (Lipinski definition) is 3. The Balaban J connectivity index is 1.44. The Bertz CT molecular complexity index is 1770. The number of para-hydroxylation sites is 2. The van der Waals surface area contributed by atoms with Crippen molar-refractivity contribution < 1.29 is 4.79 Å². The quantitative estimate of drug-likeness (QED) is 0.235. The molecule has 3 fully saturated rings. The summed E-state index contributed by atoms with van der Waals surface area (Å²) < 4.78 is 0. The van der Waals surface area contributed by atoms with Crippen LogP contribution in [-0.2, 0) is 0 Å². The number of piperidine rings is 3. The van der Waals surface area contributed by atoms with Gasteiger partial charge in [0.1, 0.15) is 11.4 Å². The van der Waals surface area contributed by atoms with Crippen molar-refractivity contribution in [3.05, 3.63) is 81.6 Å². The number of benzene rings is 3. The molecule has 8 rings (SSSR count). The number of ketones is 1. The Kier molecular flexibility index (Phi) is 5.79. The van der Waals surface area contributed by atoms with E-state index >= 15 is 0 Å². The second-order valence-corrected chi connectivity index (χ2v) is 11.1. The van der Waals surface area contributed by atoms with Crippen LogP contribution in [0.15, 0.2) is 65.5 Å². The molecule has 196 valence electrons. The predicted molar refractivity (Wildman–Crippen MR) is 157 cm³/mol. The molecule has 3 N–H and O–H groups in total. The van der Waals surface area contributed by atoms with Crippen LogP contribution in [-0.4, -0.2) is 51.3 Å². The van der Waals surface area contributed by atoms with E-state index in [9.17, 15) is 9.59 Å². The highest BCUT2D eigenvalue weighted by Gasteiger charge is 2.35. The summed E-state index contributed by atoms with van der Waals surface area (Å²) in [4.78, 5) is 39.2. The molecular weight excluding hydrogens is 510 g/mol. The third-order valence-electron chi connectivity index (χ3n) is 8.32. The standard InChI is InChI=1S/C31H28ClN5O2/c1-17(38)18-6-8-19(9-7-18)21-14-22-26(15-23(21)32)36-31(39)28(30-34-24-4-2-3-5-25(24)35-30)29(22)33-27-16-37-12-10-20(27)11-13-37/h2-9,14-15,20,27H,10-13,16H2,1H3,(H,34,35)(H2,33,36,39)/t27-/m0/s1. The molecular formula is C31H28ClN5O2. The second kappa shape index (κ2) is 9.36. The SMILES string of the molecule is CC(=O)c1ccc(-c2cc3c(N[C@H]4CN5CCC4CC5)c(-c4nc5ccccc5[nH]4)c(=O)[nH]c3cc2Cl)cc1. The molecule has 0 spiro atoms. The van der Waals surface area contributed by atoms with Crippen LogP contribution in [0.3, 0.4) is 0 Å². The van der Waals surface area contributed by atoms with Gasteiger partial charge in [-0.05, 0) is 68.6 Å². The molecule has 3 saturated heterocycles. The lowest BCUT2D eigenvalue weighted by molar-refractivity contribution is 0.0976. The number of rotatable bonds is 5. The number of nitrogens with one attached hydrogen (secondary N) is 3. The number of aromatic amines is 2. The van der Waals surface area contributed by atoms with Gasteiger partial charge < -0.3 is 20.2 Å². The van der Waals surface area contributed by atoms with Crippen molar-refractivity contribution in [2.24, 2.45) is 5.92 Å². The zero-order chi connectivity index (χ0) is 26.7. The van der Waals surface area contributed by atoms with Crippen LogP contribution in [0.5, 0.6) is 0 Å². The highest BCUT2D eigenvalue weighted by Crippen LogP contribution is 2.39. The van der Waals surface area contributed by atoms with Gasteiger partial charge in [0.15, 0.2) is 5.78 Å². The van der Waals surface area contributed by atoms with Crippen LogP contribution < -0.4 is 10.9 Å². The van der Waals surface area contributed by atoms with Crippen LogP contribution >= 0.6 is 11.6 Å². The Morgan fingerprint density at radius 1 is 1.03 bits per heavy atom. The maximum atomic E-state index is 13.7. The summed E-state index contributed by atoms with van der Waals surface area (Å²) >= 11 is 6.76. The van der Waals surface area contributed by atoms with Gasteiger partial charge in [0.25, 0.3) is 5.56 Å². The van der Waals surface area contributed by atoms with Crippen LogP contribution in [0, 0.1) is 5.92 Å². The molecule has 3 aliphatic rings. The first-order valence-electron chi connectivity index (χ1n) is 13.4. The van der Waals surface area contributed by atoms with Crippen molar-refractivity contribution in [3.8, 4) is 22.5 Å². The largest absolute Gasteiger partial charge is 0.379 e. The van der Waals surface area contributed by atoms with Crippen molar-refractivity contribution >= 4 is 45.0 Å². The number of halogens is 1. The fourth-order valence-corrected chi connectivity index (χ4v) is 6.46. The summed E-state index contributed by atoms with van der Waals surface area (Å²) in [6.45, 7) is 4.77. The lowest BCUT2D eigenvalue weighted by Gasteiger charge is -2.45. The van der Waals surface area contributed by atoms with Crippen molar-refractivity contribution in [2.75, 3.05) is 25.0 Å². The van der Waals surface area contributed by atoms with Gasteiger partial charge in [-0.15, -0.1) is 0 Å². The maximum absolute atomic E-state index is 13.7. The van der Waals surface area contributed by atoms with Gasteiger partial charge in [0.2, 0.25) is 0 Å². The predicted octanol–water partition coefficient (Wildman–Crippen LogP) is 6.10. The van der Waals surface area contributed by atoms with Gasteiger partial charge in [-0.3, -0.25) is 9.59 Å². The van der Waals surface area contributed by atoms with Gasteiger partial charge in [0, 0.05) is 29.1 Å². The number of carbonyl (C=O) groups is 1. The lowest BCUT2D eigenvalue weighted by atomic mass is 9.83. The smallest absolute Gasteiger partial charge is 0.261 e. The summed E-state index contributed by atoms with van der Waals surface area (Å²) in [5.74, 6) is 1.10. The molecule has 2 aromatic heterocycles. The summed E-state index contributed by atoms with van der Waals surface area (Å²) in [5, 5.41) is 5.22. The molecule has 7 nitrogen and oxygen atoms in total. The monoisotopic (exact) mass is 537 g/mol. The van der Waals surface area contributed by atoms with E-state index in [1.807, 2.05) is 60.7 Å². The van der Waals surface area contributed by atoms with Gasteiger partial charge in [-0.2, -0.15) is 0 Å². The molecule has 5 heterocycles. The molecule has 39 heavy (non-hydrogen) atoms. The summed E-state index contributed by atoms with van der Waals surface area (Å²) in [6, 6.07) is 19.3. The lowest BCUT2D eigenvalue weighted by Crippen LogP contribution is -2.53. The number of nitrogens with zero attached hydrogens (tertiary/aromatic N) is 2. The highest BCUT2D eigenvalue weighted by atomic mass is 35.5. The number of pyridine rings is 1. The van der Waals surface area contributed by atoms with Crippen LogP contribution in [0.4, 0.5) is 5.69 Å². The Morgan fingerprint density at radius 2 is 1.79 bits per heavy atom. The van der Waals surface area contributed by atoms with E-state index in [0.717, 1.165) is 65.7 Å². The topological polar surface area (TPSA) is 93.9 Å². The van der Waals surface area contributed by atoms with Gasteiger partial charge in [-0.25, -0.2) is 4.98 Å². The third-order valence-corrected chi connectivity index (χ3v) is 8.63. The Labute approximate surface area is 230 Å². The number of Topliss-reactive ketones (excluding diaryl/α,β-unsaturated/α-hetero) is 1. The molecule has 2 bridgehead atoms. The molecule has 0 amide bonds. The first-order chi connectivity index (χ1) is 18.9. The number of hydrogen-bond acceptors (Lipinski definition) is 5. The van der Waals surface area contributed by atoms with Crippen molar-refractivity contribution in [1.82, 2.24) is 19.9 Å². The van der Waals surface area contributed by atoms with Gasteiger partial charge in [0.05, 0.1) is 27.3 Å². The molecule has 8 heteroatoms. The Hall–Kier alpha value is -3.94. The summed E-state index contributed by atoms with van der Waals surface area (Å²) in [5.41, 5.74) is 5.78. The number of H-pyrrole nitrogens is 2. The minimum atomic E-state index is -0.222. The molecule has 0 aliphatic carbocycles. The minimum Gasteiger partial charge on any atom is -0.379 e. The number of imidazole rings is 1. The first-order valence-corrected chi connectivity index (χ1v) is 13.8. The number of carbonyl (C=O) groups excluding carboxylic acids is 1. The van der Waals surface area contributed by atoms with E-state index in [0.29, 0.717) is 33.4 Å². The van der Waals surface area contributed by atoms with Crippen molar-refractivity contribution in [2.45, 2.75) is 25.8 Å². The minimum absolute atomic E-state index is 0.0169. The molecule has 0 radical (unpaired) electrons. The van der Waals surface area contributed by atoms with Crippen molar-refractivity contribution in [1.29, 1.82) is 0 Å². The van der Waals surface area contributed by atoms with E-state index < -0.39 is 0 Å². The fraction of sp³-hybridized carbons (Fsp3) is 0.258. The number of fused-ring (bicyclic) bond motifs is 5. The zero-order valence-corrected chi connectivity index (χ0v) is 22.3. The van der Waals surface area contributed by atoms with Crippen LogP contribution in [0.25, 0.3) is 44.5 Å². The second-order valence-electron chi connectivity index (χ2n) is 10.7. The molecule has 0 unspecified atom stereocenters. The molecule has 0 saturated carbocycles. The zero-order valence-electron chi connectivity index (χ0n) is 21.6. The summed E-state index contributed by atoms with van der Waals surface area (Å²) in [7, 11) is 0. The Morgan fingerprint density at radius 3 is 2.49 bits per heavy atom. The van der Waals surface area contributed by atoms with E-state index in [2.05, 4.69) is 20.2 Å².